The van der Waals surface area contributed by atoms with E-state index in [0.29, 0.717) is 43.1 Å². The van der Waals surface area contributed by atoms with E-state index in [2.05, 4.69) is 9.97 Å². The summed E-state index contributed by atoms with van der Waals surface area (Å²) in [6.07, 6.45) is 7.05. The molecular formula is C25H21ClN2O4. The second-order valence-electron chi connectivity index (χ2n) is 8.61. The minimum absolute atomic E-state index is 0.00554. The number of aromatic nitrogens is 2. The molecule has 0 bridgehead atoms. The number of carbonyl (C=O) groups excluding carboxylic acids is 1. The number of ether oxygens (including phenoxy) is 3. The summed E-state index contributed by atoms with van der Waals surface area (Å²) in [4.78, 5) is 21.6. The molecule has 1 atom stereocenters. The molecule has 1 saturated carbocycles. The standard InChI is InChI=1S/C25H21ClN2O4/c26-18-3-1-2-16(12-18)22-15-30-25(32-22)8-6-24(7-9-25)23(29)14-21(31-24)17-4-5-19-20(13-17)28-11-10-27-19/h1-5,10-14,22H,6-9,15H2. The van der Waals surface area contributed by atoms with E-state index >= 15 is 0 Å². The maximum absolute atomic E-state index is 13.0. The van der Waals surface area contributed by atoms with Crippen molar-refractivity contribution in [3.63, 3.8) is 0 Å². The first-order valence-corrected chi connectivity index (χ1v) is 11.2. The molecule has 3 aromatic rings. The fourth-order valence-electron chi connectivity index (χ4n) is 4.87. The summed E-state index contributed by atoms with van der Waals surface area (Å²) in [7, 11) is 0. The van der Waals surface area contributed by atoms with Crippen molar-refractivity contribution in [3.8, 4) is 0 Å². The van der Waals surface area contributed by atoms with Crippen LogP contribution < -0.4 is 0 Å². The van der Waals surface area contributed by atoms with Gasteiger partial charge in [0.15, 0.2) is 11.4 Å². The Hall–Kier alpha value is -2.80. The van der Waals surface area contributed by atoms with Crippen LogP contribution in [0.2, 0.25) is 5.02 Å². The Morgan fingerprint density at radius 3 is 2.59 bits per heavy atom. The summed E-state index contributed by atoms with van der Waals surface area (Å²) < 4.78 is 18.8. The van der Waals surface area contributed by atoms with Crippen molar-refractivity contribution in [1.29, 1.82) is 0 Å². The third-order valence-electron chi connectivity index (χ3n) is 6.67. The van der Waals surface area contributed by atoms with Crippen LogP contribution in [0.15, 0.2) is 60.9 Å². The van der Waals surface area contributed by atoms with Crippen molar-refractivity contribution in [3.05, 3.63) is 77.1 Å². The highest BCUT2D eigenvalue weighted by molar-refractivity contribution is 6.30. The van der Waals surface area contributed by atoms with E-state index in [-0.39, 0.29) is 11.9 Å². The zero-order chi connectivity index (χ0) is 21.8. The van der Waals surface area contributed by atoms with Gasteiger partial charge in [-0.25, -0.2) is 0 Å². The van der Waals surface area contributed by atoms with Crippen LogP contribution in [-0.2, 0) is 19.0 Å². The minimum atomic E-state index is -0.848. The van der Waals surface area contributed by atoms with Crippen LogP contribution in [0.1, 0.15) is 42.9 Å². The fraction of sp³-hybridized carbons (Fsp3) is 0.320. The van der Waals surface area contributed by atoms with Crippen molar-refractivity contribution in [1.82, 2.24) is 9.97 Å². The fourth-order valence-corrected chi connectivity index (χ4v) is 5.07. The topological polar surface area (TPSA) is 70.5 Å². The lowest BCUT2D eigenvalue weighted by Gasteiger charge is -2.40. The van der Waals surface area contributed by atoms with Gasteiger partial charge in [-0.1, -0.05) is 23.7 Å². The van der Waals surface area contributed by atoms with Crippen LogP contribution in [0.25, 0.3) is 16.8 Å². The lowest BCUT2D eigenvalue weighted by atomic mass is 9.79. The first-order chi connectivity index (χ1) is 15.5. The summed E-state index contributed by atoms with van der Waals surface area (Å²) in [6.45, 7) is 0.476. The number of ketones is 1. The molecule has 2 fully saturated rings. The Labute approximate surface area is 190 Å². The highest BCUT2D eigenvalue weighted by Crippen LogP contribution is 2.49. The van der Waals surface area contributed by atoms with Gasteiger partial charge in [-0.05, 0) is 48.7 Å². The third-order valence-corrected chi connectivity index (χ3v) is 6.90. The van der Waals surface area contributed by atoms with E-state index < -0.39 is 11.4 Å². The maximum atomic E-state index is 13.0. The summed E-state index contributed by atoms with van der Waals surface area (Å²) in [5, 5.41) is 0.679. The highest BCUT2D eigenvalue weighted by atomic mass is 35.5. The predicted octanol–water partition coefficient (Wildman–Crippen LogP) is 5.02. The van der Waals surface area contributed by atoms with E-state index in [0.717, 1.165) is 22.2 Å². The van der Waals surface area contributed by atoms with Gasteiger partial charge < -0.3 is 14.2 Å². The van der Waals surface area contributed by atoms with Crippen LogP contribution >= 0.6 is 11.6 Å². The normalized spacial score (nSPS) is 29.6. The molecule has 1 unspecified atom stereocenters. The van der Waals surface area contributed by atoms with Gasteiger partial charge in [-0.2, -0.15) is 0 Å². The number of carbonyl (C=O) groups is 1. The molecule has 0 N–H and O–H groups in total. The van der Waals surface area contributed by atoms with Crippen molar-refractivity contribution < 1.29 is 19.0 Å². The first-order valence-electron chi connectivity index (χ1n) is 10.8. The lowest BCUT2D eigenvalue weighted by Crippen LogP contribution is -2.47. The van der Waals surface area contributed by atoms with E-state index in [4.69, 9.17) is 25.8 Å². The van der Waals surface area contributed by atoms with E-state index in [1.807, 2.05) is 42.5 Å². The largest absolute Gasteiger partial charge is 0.478 e. The molecule has 162 valence electrons. The van der Waals surface area contributed by atoms with Gasteiger partial charge in [-0.15, -0.1) is 0 Å². The van der Waals surface area contributed by atoms with Crippen LogP contribution in [0.5, 0.6) is 0 Å². The van der Waals surface area contributed by atoms with Crippen molar-refractivity contribution in [2.24, 2.45) is 0 Å². The number of fused-ring (bicyclic) bond motifs is 1. The van der Waals surface area contributed by atoms with E-state index in [1.165, 1.54) is 0 Å². The number of rotatable bonds is 2. The average Bonchev–Trinajstić information content (AvgIpc) is 3.37. The SMILES string of the molecule is O=C1C=C(c2ccc3nccnc3c2)OC12CCC1(CC2)OCC(c2cccc(Cl)c2)O1. The summed E-state index contributed by atoms with van der Waals surface area (Å²) in [6, 6.07) is 13.4. The van der Waals surface area contributed by atoms with Gasteiger partial charge in [0.2, 0.25) is 5.78 Å². The van der Waals surface area contributed by atoms with E-state index in [1.54, 1.807) is 18.5 Å². The summed E-state index contributed by atoms with van der Waals surface area (Å²) in [5.74, 6) is -0.0852. The monoisotopic (exact) mass is 448 g/mol. The molecule has 3 aliphatic rings. The van der Waals surface area contributed by atoms with Crippen LogP contribution in [0.3, 0.4) is 0 Å². The molecular weight excluding hydrogens is 428 g/mol. The average molecular weight is 449 g/mol. The smallest absolute Gasteiger partial charge is 0.202 e. The third kappa shape index (κ3) is 3.30. The zero-order valence-electron chi connectivity index (χ0n) is 17.3. The Kier molecular flexibility index (Phi) is 4.57. The second-order valence-corrected chi connectivity index (χ2v) is 9.05. The molecule has 2 aromatic carbocycles. The van der Waals surface area contributed by atoms with Gasteiger partial charge in [0.25, 0.3) is 0 Å². The van der Waals surface area contributed by atoms with Crippen LogP contribution in [0, 0.1) is 0 Å². The van der Waals surface area contributed by atoms with Gasteiger partial charge in [-0.3, -0.25) is 14.8 Å². The molecule has 1 aliphatic carbocycles. The number of hydrogen-bond acceptors (Lipinski definition) is 6. The molecule has 6 rings (SSSR count). The molecule has 1 aromatic heterocycles. The second kappa shape index (κ2) is 7.37. The Balaban J connectivity index is 1.17. The molecule has 0 amide bonds. The van der Waals surface area contributed by atoms with Crippen molar-refractivity contribution >= 4 is 34.2 Å². The van der Waals surface area contributed by atoms with Crippen molar-refractivity contribution in [2.75, 3.05) is 6.61 Å². The molecule has 2 spiro atoms. The lowest BCUT2D eigenvalue weighted by molar-refractivity contribution is -0.208. The Morgan fingerprint density at radius 1 is 0.969 bits per heavy atom. The number of hydrogen-bond donors (Lipinski definition) is 0. The maximum Gasteiger partial charge on any atom is 0.202 e. The van der Waals surface area contributed by atoms with Gasteiger partial charge in [0.1, 0.15) is 11.9 Å². The first kappa shape index (κ1) is 19.9. The summed E-state index contributed by atoms with van der Waals surface area (Å²) in [5.41, 5.74) is 2.56. The van der Waals surface area contributed by atoms with Gasteiger partial charge in [0, 0.05) is 41.9 Å². The van der Waals surface area contributed by atoms with Gasteiger partial charge >= 0.3 is 0 Å². The molecule has 7 heteroatoms. The summed E-state index contributed by atoms with van der Waals surface area (Å²) >= 11 is 6.13. The number of nitrogens with zero attached hydrogens (tertiary/aromatic N) is 2. The molecule has 1 saturated heterocycles. The predicted molar refractivity (Wildman–Crippen MR) is 119 cm³/mol. The molecule has 2 aliphatic heterocycles. The molecule has 6 nitrogen and oxygen atoms in total. The van der Waals surface area contributed by atoms with Gasteiger partial charge in [0.05, 0.1) is 17.6 Å². The zero-order valence-corrected chi connectivity index (χ0v) is 18.0. The number of benzene rings is 2. The van der Waals surface area contributed by atoms with Crippen LogP contribution in [-0.4, -0.2) is 33.7 Å². The minimum Gasteiger partial charge on any atom is -0.478 e. The number of halogens is 1. The highest BCUT2D eigenvalue weighted by Gasteiger charge is 2.54. The Bertz CT molecular complexity index is 1250. The molecule has 32 heavy (non-hydrogen) atoms. The molecule has 3 heterocycles. The molecule has 0 radical (unpaired) electrons. The Morgan fingerprint density at radius 2 is 1.78 bits per heavy atom. The quantitative estimate of drug-likeness (QED) is 0.548. The van der Waals surface area contributed by atoms with Crippen LogP contribution in [0.4, 0.5) is 0 Å². The van der Waals surface area contributed by atoms with Crippen molar-refractivity contribution in [2.45, 2.75) is 43.2 Å². The van der Waals surface area contributed by atoms with E-state index in [9.17, 15) is 4.79 Å².